The van der Waals surface area contributed by atoms with E-state index in [2.05, 4.69) is 81.1 Å². The Hall–Kier alpha value is -4.26. The van der Waals surface area contributed by atoms with Crippen LogP contribution in [0.5, 0.6) is 0 Å². The van der Waals surface area contributed by atoms with E-state index in [1.54, 1.807) is 0 Å². The number of carbonyl (C=O) groups is 2. The summed E-state index contributed by atoms with van der Waals surface area (Å²) in [5, 5.41) is 6.22. The quantitative estimate of drug-likeness (QED) is 0.0704. The van der Waals surface area contributed by atoms with Gasteiger partial charge < -0.3 is 10.6 Å². The molecule has 0 saturated heterocycles. The van der Waals surface area contributed by atoms with Crippen LogP contribution in [0.1, 0.15) is 73.6 Å². The molecule has 266 valence electrons. The molecule has 0 atom stereocenters. The molecule has 2 N–H and O–H groups in total. The smallest absolute Gasteiger partial charge is 0.224 e. The lowest BCUT2D eigenvalue weighted by Gasteiger charge is -2.23. The molecule has 0 heterocycles. The van der Waals surface area contributed by atoms with E-state index in [0.29, 0.717) is 25.9 Å². The molecular formula is C44H58N4O2. The van der Waals surface area contributed by atoms with Crippen LogP contribution in [-0.4, -0.2) is 60.9 Å². The van der Waals surface area contributed by atoms with Gasteiger partial charge in [-0.15, -0.1) is 0 Å². The van der Waals surface area contributed by atoms with Crippen molar-refractivity contribution in [2.24, 2.45) is 0 Å². The van der Waals surface area contributed by atoms with Crippen molar-refractivity contribution in [3.63, 3.8) is 0 Å². The van der Waals surface area contributed by atoms with Crippen LogP contribution in [0.25, 0.3) is 0 Å². The molecule has 4 aromatic carbocycles. The van der Waals surface area contributed by atoms with E-state index in [1.807, 2.05) is 60.7 Å². The summed E-state index contributed by atoms with van der Waals surface area (Å²) in [4.78, 5) is 29.8. The largest absolute Gasteiger partial charge is 0.356 e. The van der Waals surface area contributed by atoms with Gasteiger partial charge in [0.25, 0.3) is 0 Å². The van der Waals surface area contributed by atoms with Crippen molar-refractivity contribution in [1.29, 1.82) is 0 Å². The fourth-order valence-corrected chi connectivity index (χ4v) is 6.35. The molecule has 0 bridgehead atoms. The van der Waals surface area contributed by atoms with Gasteiger partial charge in [-0.2, -0.15) is 0 Å². The number of amides is 2. The van der Waals surface area contributed by atoms with Gasteiger partial charge in [-0.1, -0.05) is 147 Å². The zero-order chi connectivity index (χ0) is 34.9. The second-order valence-electron chi connectivity index (χ2n) is 13.4. The SMILES string of the molecule is O=C(Cc1ccccc1)NCCCN(CCCCCCCCN(CCCNC(=O)Cc1ccccc1)Cc1ccccc1)Cc1ccccc1. The molecule has 0 spiro atoms. The first-order chi connectivity index (χ1) is 24.6. The van der Waals surface area contributed by atoms with Gasteiger partial charge in [0.05, 0.1) is 12.8 Å². The molecule has 4 rings (SSSR count). The maximum atomic E-state index is 12.4. The molecule has 50 heavy (non-hydrogen) atoms. The fraction of sp³-hybridized carbons (Fsp3) is 0.409. The molecule has 4 aromatic rings. The molecule has 2 amide bonds. The van der Waals surface area contributed by atoms with Crippen molar-refractivity contribution < 1.29 is 9.59 Å². The van der Waals surface area contributed by atoms with Crippen molar-refractivity contribution in [1.82, 2.24) is 20.4 Å². The summed E-state index contributed by atoms with van der Waals surface area (Å²) in [6.45, 7) is 7.45. The molecule has 6 nitrogen and oxygen atoms in total. The van der Waals surface area contributed by atoms with Crippen LogP contribution in [0.2, 0.25) is 0 Å². The highest BCUT2D eigenvalue weighted by Crippen LogP contribution is 2.12. The Bertz CT molecular complexity index is 1340. The molecule has 0 aliphatic carbocycles. The predicted molar refractivity (Wildman–Crippen MR) is 207 cm³/mol. The summed E-state index contributed by atoms with van der Waals surface area (Å²) >= 11 is 0. The van der Waals surface area contributed by atoms with E-state index in [1.165, 1.54) is 49.7 Å². The fourth-order valence-electron chi connectivity index (χ4n) is 6.35. The van der Waals surface area contributed by atoms with Gasteiger partial charge >= 0.3 is 0 Å². The van der Waals surface area contributed by atoms with Crippen LogP contribution < -0.4 is 10.6 Å². The number of hydrogen-bond donors (Lipinski definition) is 2. The van der Waals surface area contributed by atoms with Crippen LogP contribution in [0.3, 0.4) is 0 Å². The average Bonchev–Trinajstić information content (AvgIpc) is 3.14. The summed E-state index contributed by atoms with van der Waals surface area (Å²) in [7, 11) is 0. The van der Waals surface area contributed by atoms with Crippen LogP contribution in [-0.2, 0) is 35.5 Å². The number of rotatable bonds is 25. The lowest BCUT2D eigenvalue weighted by molar-refractivity contribution is -0.121. The summed E-state index contributed by atoms with van der Waals surface area (Å²) < 4.78 is 0. The lowest BCUT2D eigenvalue weighted by atomic mass is 10.1. The highest BCUT2D eigenvalue weighted by Gasteiger charge is 2.10. The Morgan fingerprint density at radius 1 is 0.380 bits per heavy atom. The van der Waals surface area contributed by atoms with E-state index in [4.69, 9.17) is 0 Å². The Morgan fingerprint density at radius 2 is 0.680 bits per heavy atom. The Morgan fingerprint density at radius 3 is 1.04 bits per heavy atom. The number of carbonyl (C=O) groups excluding carboxylic acids is 2. The van der Waals surface area contributed by atoms with Crippen LogP contribution >= 0.6 is 0 Å². The Kier molecular flexibility index (Phi) is 18.5. The normalized spacial score (nSPS) is 11.2. The molecule has 0 saturated carbocycles. The number of nitrogens with one attached hydrogen (secondary N) is 2. The predicted octanol–water partition coefficient (Wildman–Crippen LogP) is 7.83. The highest BCUT2D eigenvalue weighted by molar-refractivity contribution is 5.78. The van der Waals surface area contributed by atoms with Crippen molar-refractivity contribution >= 4 is 11.8 Å². The maximum Gasteiger partial charge on any atom is 0.224 e. The zero-order valence-electron chi connectivity index (χ0n) is 30.0. The summed E-state index contributed by atoms with van der Waals surface area (Å²) in [6, 6.07) is 41.3. The van der Waals surface area contributed by atoms with E-state index >= 15 is 0 Å². The first kappa shape index (κ1) is 38.5. The van der Waals surface area contributed by atoms with Crippen molar-refractivity contribution in [3.05, 3.63) is 144 Å². The van der Waals surface area contributed by atoms with Crippen molar-refractivity contribution in [2.45, 2.75) is 77.3 Å². The van der Waals surface area contributed by atoms with Gasteiger partial charge in [0.2, 0.25) is 11.8 Å². The topological polar surface area (TPSA) is 64.7 Å². The van der Waals surface area contributed by atoms with Crippen LogP contribution in [0.15, 0.2) is 121 Å². The van der Waals surface area contributed by atoms with Gasteiger partial charge in [-0.25, -0.2) is 0 Å². The molecule has 0 fully saturated rings. The van der Waals surface area contributed by atoms with Crippen LogP contribution in [0, 0.1) is 0 Å². The highest BCUT2D eigenvalue weighted by atomic mass is 16.2. The van der Waals surface area contributed by atoms with E-state index in [-0.39, 0.29) is 11.8 Å². The average molecular weight is 675 g/mol. The first-order valence-corrected chi connectivity index (χ1v) is 18.8. The molecule has 0 aliphatic rings. The monoisotopic (exact) mass is 674 g/mol. The van der Waals surface area contributed by atoms with Gasteiger partial charge in [0.1, 0.15) is 0 Å². The van der Waals surface area contributed by atoms with Gasteiger partial charge in [-0.05, 0) is 61.0 Å². The molecule has 0 unspecified atom stereocenters. The second-order valence-corrected chi connectivity index (χ2v) is 13.4. The van der Waals surface area contributed by atoms with Gasteiger partial charge in [-0.3, -0.25) is 19.4 Å². The molecule has 0 aromatic heterocycles. The first-order valence-electron chi connectivity index (χ1n) is 18.8. The van der Waals surface area contributed by atoms with Crippen LogP contribution in [0.4, 0.5) is 0 Å². The third-order valence-corrected chi connectivity index (χ3v) is 9.06. The number of nitrogens with zero attached hydrogens (tertiary/aromatic N) is 2. The Balaban J connectivity index is 1.10. The number of hydrogen-bond acceptors (Lipinski definition) is 4. The molecule has 0 radical (unpaired) electrons. The molecule has 0 aliphatic heterocycles. The number of benzene rings is 4. The van der Waals surface area contributed by atoms with E-state index in [0.717, 1.165) is 63.2 Å². The second kappa shape index (κ2) is 24.0. The third kappa shape index (κ3) is 16.9. The molecular weight excluding hydrogens is 617 g/mol. The summed E-state index contributed by atoms with van der Waals surface area (Å²) in [5.41, 5.74) is 4.79. The van der Waals surface area contributed by atoms with Gasteiger partial charge in [0.15, 0.2) is 0 Å². The van der Waals surface area contributed by atoms with Crippen molar-refractivity contribution in [2.75, 3.05) is 39.3 Å². The molecule has 6 heteroatoms. The van der Waals surface area contributed by atoms with E-state index < -0.39 is 0 Å². The maximum absolute atomic E-state index is 12.4. The standard InChI is InChI=1S/C44H58N4O2/c49-43(35-39-21-9-5-10-22-39)45-29-19-33-47(37-41-25-13-7-14-26-41)31-17-3-1-2-4-18-32-48(38-42-27-15-8-16-28-42)34-20-30-46-44(50)36-40-23-11-6-12-24-40/h5-16,21-28H,1-4,17-20,29-38H2,(H,45,49)(H,46,50). The van der Waals surface area contributed by atoms with Crippen molar-refractivity contribution in [3.8, 4) is 0 Å². The zero-order valence-corrected chi connectivity index (χ0v) is 30.0. The minimum absolute atomic E-state index is 0.0945. The lowest BCUT2D eigenvalue weighted by Crippen LogP contribution is -2.31. The Labute approximate surface area is 301 Å². The summed E-state index contributed by atoms with van der Waals surface area (Å²) in [6.07, 6.45) is 10.2. The minimum atomic E-state index is 0.0945. The van der Waals surface area contributed by atoms with Gasteiger partial charge in [0, 0.05) is 39.3 Å². The number of unbranched alkanes of at least 4 members (excludes halogenated alkanes) is 5. The minimum Gasteiger partial charge on any atom is -0.356 e. The summed E-state index contributed by atoms with van der Waals surface area (Å²) in [5.74, 6) is 0.189. The van der Waals surface area contributed by atoms with E-state index in [9.17, 15) is 9.59 Å². The third-order valence-electron chi connectivity index (χ3n) is 9.06.